The molecule has 1 atom stereocenters. The zero-order valence-corrected chi connectivity index (χ0v) is 7.74. The van der Waals surface area contributed by atoms with Gasteiger partial charge in [-0.3, -0.25) is 5.10 Å². The van der Waals surface area contributed by atoms with E-state index in [4.69, 9.17) is 5.73 Å². The Bertz CT molecular complexity index is 454. The van der Waals surface area contributed by atoms with Crippen molar-refractivity contribution in [3.63, 3.8) is 0 Å². The van der Waals surface area contributed by atoms with Gasteiger partial charge in [0.25, 0.3) is 0 Å². The molecule has 0 aliphatic rings. The molecular formula is C10H9F2N3. The van der Waals surface area contributed by atoms with Crippen LogP contribution in [0.2, 0.25) is 0 Å². The highest BCUT2D eigenvalue weighted by atomic mass is 19.2. The molecular weight excluding hydrogens is 200 g/mol. The van der Waals surface area contributed by atoms with Gasteiger partial charge < -0.3 is 5.73 Å². The van der Waals surface area contributed by atoms with Crippen LogP contribution < -0.4 is 5.73 Å². The Hall–Kier alpha value is -1.75. The molecule has 0 spiro atoms. The van der Waals surface area contributed by atoms with Crippen molar-refractivity contribution in [3.8, 4) is 0 Å². The van der Waals surface area contributed by atoms with Crippen LogP contribution in [0.4, 0.5) is 8.78 Å². The topological polar surface area (TPSA) is 54.7 Å². The van der Waals surface area contributed by atoms with Gasteiger partial charge in [-0.25, -0.2) is 8.78 Å². The normalized spacial score (nSPS) is 12.7. The smallest absolute Gasteiger partial charge is 0.159 e. The number of halogens is 2. The van der Waals surface area contributed by atoms with Gasteiger partial charge in [-0.1, -0.05) is 6.07 Å². The number of hydrogen-bond acceptors (Lipinski definition) is 2. The first kappa shape index (κ1) is 9.79. The highest BCUT2D eigenvalue weighted by Crippen LogP contribution is 2.20. The first-order chi connectivity index (χ1) is 7.18. The van der Waals surface area contributed by atoms with Crippen LogP contribution in [-0.4, -0.2) is 10.2 Å². The van der Waals surface area contributed by atoms with E-state index in [1.165, 1.54) is 6.07 Å². The lowest BCUT2D eigenvalue weighted by Crippen LogP contribution is -2.11. The predicted molar refractivity (Wildman–Crippen MR) is 51.0 cm³/mol. The van der Waals surface area contributed by atoms with Crippen molar-refractivity contribution in [1.29, 1.82) is 0 Å². The summed E-state index contributed by atoms with van der Waals surface area (Å²) >= 11 is 0. The highest BCUT2D eigenvalue weighted by Gasteiger charge is 2.12. The minimum atomic E-state index is -0.897. The maximum atomic E-state index is 12.9. The second kappa shape index (κ2) is 3.78. The van der Waals surface area contributed by atoms with Gasteiger partial charge in [0, 0.05) is 11.8 Å². The molecule has 1 aromatic heterocycles. The second-order valence-corrected chi connectivity index (χ2v) is 3.18. The number of hydrogen-bond donors (Lipinski definition) is 2. The third kappa shape index (κ3) is 1.87. The third-order valence-electron chi connectivity index (χ3n) is 2.18. The molecule has 0 fully saturated rings. The fourth-order valence-electron chi connectivity index (χ4n) is 1.33. The highest BCUT2D eigenvalue weighted by molar-refractivity contribution is 5.29. The van der Waals surface area contributed by atoms with E-state index in [0.717, 1.165) is 17.7 Å². The van der Waals surface area contributed by atoms with Gasteiger partial charge >= 0.3 is 0 Å². The van der Waals surface area contributed by atoms with E-state index in [1.807, 2.05) is 0 Å². The van der Waals surface area contributed by atoms with Crippen LogP contribution in [-0.2, 0) is 0 Å². The Labute approximate surface area is 84.9 Å². The predicted octanol–water partition coefficient (Wildman–Crippen LogP) is 1.74. The van der Waals surface area contributed by atoms with Crippen molar-refractivity contribution >= 4 is 0 Å². The average molecular weight is 209 g/mol. The van der Waals surface area contributed by atoms with Crippen molar-refractivity contribution < 1.29 is 8.78 Å². The molecule has 0 aliphatic heterocycles. The Morgan fingerprint density at radius 1 is 1.20 bits per heavy atom. The van der Waals surface area contributed by atoms with E-state index >= 15 is 0 Å². The average Bonchev–Trinajstić information content (AvgIpc) is 2.74. The number of nitrogens with zero attached hydrogens (tertiary/aromatic N) is 1. The van der Waals surface area contributed by atoms with Gasteiger partial charge in [-0.15, -0.1) is 0 Å². The quantitative estimate of drug-likeness (QED) is 0.791. The summed E-state index contributed by atoms with van der Waals surface area (Å²) < 4.78 is 25.6. The summed E-state index contributed by atoms with van der Waals surface area (Å²) in [7, 11) is 0. The molecule has 3 N–H and O–H groups in total. The first-order valence-electron chi connectivity index (χ1n) is 4.37. The molecule has 0 amide bonds. The summed E-state index contributed by atoms with van der Waals surface area (Å²) in [5.74, 6) is -1.77. The summed E-state index contributed by atoms with van der Waals surface area (Å²) in [6, 6.07) is 3.10. The van der Waals surface area contributed by atoms with E-state index in [-0.39, 0.29) is 0 Å². The zero-order valence-electron chi connectivity index (χ0n) is 7.74. The van der Waals surface area contributed by atoms with Gasteiger partial charge in [-0.2, -0.15) is 5.10 Å². The van der Waals surface area contributed by atoms with E-state index in [2.05, 4.69) is 10.2 Å². The lowest BCUT2D eigenvalue weighted by atomic mass is 10.0. The molecule has 0 aliphatic carbocycles. The monoisotopic (exact) mass is 209 g/mol. The summed E-state index contributed by atoms with van der Waals surface area (Å²) in [5, 5.41) is 6.34. The van der Waals surface area contributed by atoms with Crippen LogP contribution in [0.15, 0.2) is 30.6 Å². The van der Waals surface area contributed by atoms with Crippen LogP contribution in [0.3, 0.4) is 0 Å². The molecule has 1 unspecified atom stereocenters. The molecule has 2 aromatic rings. The Kier molecular flexibility index (Phi) is 2.47. The van der Waals surface area contributed by atoms with E-state index in [1.54, 1.807) is 12.4 Å². The number of nitrogens with one attached hydrogen (secondary N) is 1. The maximum Gasteiger partial charge on any atom is 0.159 e. The Morgan fingerprint density at radius 3 is 2.60 bits per heavy atom. The van der Waals surface area contributed by atoms with Crippen LogP contribution in [0.1, 0.15) is 17.2 Å². The minimum Gasteiger partial charge on any atom is -0.320 e. The summed E-state index contributed by atoms with van der Waals surface area (Å²) in [5.41, 5.74) is 7.06. The Morgan fingerprint density at radius 2 is 2.00 bits per heavy atom. The van der Waals surface area contributed by atoms with Crippen LogP contribution in [0.5, 0.6) is 0 Å². The van der Waals surface area contributed by atoms with Crippen molar-refractivity contribution in [1.82, 2.24) is 10.2 Å². The molecule has 5 heteroatoms. The molecule has 1 heterocycles. The van der Waals surface area contributed by atoms with Crippen molar-refractivity contribution in [2.24, 2.45) is 5.73 Å². The molecule has 78 valence electrons. The number of benzene rings is 1. The van der Waals surface area contributed by atoms with Gasteiger partial charge in [0.2, 0.25) is 0 Å². The van der Waals surface area contributed by atoms with Crippen LogP contribution >= 0.6 is 0 Å². The number of rotatable bonds is 2. The fourth-order valence-corrected chi connectivity index (χ4v) is 1.33. The minimum absolute atomic E-state index is 0.501. The summed E-state index contributed by atoms with van der Waals surface area (Å²) in [6.07, 6.45) is 3.16. The number of aromatic nitrogens is 2. The van der Waals surface area contributed by atoms with E-state index < -0.39 is 17.7 Å². The van der Waals surface area contributed by atoms with Gasteiger partial charge in [0.05, 0.1) is 12.2 Å². The summed E-state index contributed by atoms with van der Waals surface area (Å²) in [4.78, 5) is 0. The van der Waals surface area contributed by atoms with Crippen molar-refractivity contribution in [3.05, 3.63) is 53.4 Å². The molecule has 0 radical (unpaired) electrons. The van der Waals surface area contributed by atoms with Crippen LogP contribution in [0.25, 0.3) is 0 Å². The molecule has 0 saturated carbocycles. The molecule has 1 aromatic carbocycles. The van der Waals surface area contributed by atoms with Crippen LogP contribution in [0, 0.1) is 11.6 Å². The Balaban J connectivity index is 2.34. The maximum absolute atomic E-state index is 12.9. The molecule has 0 bridgehead atoms. The van der Waals surface area contributed by atoms with Gasteiger partial charge in [-0.05, 0) is 17.7 Å². The SMILES string of the molecule is NC(c1cn[nH]c1)c1ccc(F)c(F)c1. The van der Waals surface area contributed by atoms with E-state index in [0.29, 0.717) is 5.56 Å². The van der Waals surface area contributed by atoms with Gasteiger partial charge in [0.1, 0.15) is 0 Å². The number of H-pyrrole nitrogens is 1. The molecule has 3 nitrogen and oxygen atoms in total. The third-order valence-corrected chi connectivity index (χ3v) is 2.18. The zero-order chi connectivity index (χ0) is 10.8. The fraction of sp³-hybridized carbons (Fsp3) is 0.100. The van der Waals surface area contributed by atoms with Crippen molar-refractivity contribution in [2.45, 2.75) is 6.04 Å². The van der Waals surface area contributed by atoms with E-state index in [9.17, 15) is 8.78 Å². The molecule has 0 saturated heterocycles. The van der Waals surface area contributed by atoms with Gasteiger partial charge in [0.15, 0.2) is 11.6 Å². The first-order valence-corrected chi connectivity index (χ1v) is 4.37. The number of aromatic amines is 1. The molecule has 15 heavy (non-hydrogen) atoms. The molecule has 2 rings (SSSR count). The lowest BCUT2D eigenvalue weighted by molar-refractivity contribution is 0.506. The number of nitrogens with two attached hydrogens (primary N) is 1. The second-order valence-electron chi connectivity index (χ2n) is 3.18. The lowest BCUT2D eigenvalue weighted by Gasteiger charge is -2.09. The largest absolute Gasteiger partial charge is 0.320 e. The summed E-state index contributed by atoms with van der Waals surface area (Å²) in [6.45, 7) is 0. The van der Waals surface area contributed by atoms with Crippen molar-refractivity contribution in [2.75, 3.05) is 0 Å². The standard InChI is InChI=1S/C10H9F2N3/c11-8-2-1-6(3-9(8)12)10(13)7-4-14-15-5-7/h1-5,10H,13H2,(H,14,15).